The van der Waals surface area contributed by atoms with Gasteiger partial charge in [-0.15, -0.1) is 0 Å². The smallest absolute Gasteiger partial charge is 0.325 e. The first kappa shape index (κ1) is 19.4. The van der Waals surface area contributed by atoms with Gasteiger partial charge >= 0.3 is 6.03 Å². The van der Waals surface area contributed by atoms with Crippen molar-refractivity contribution in [2.75, 3.05) is 13.1 Å². The lowest BCUT2D eigenvalue weighted by molar-refractivity contribution is -0.141. The lowest BCUT2D eigenvalue weighted by atomic mass is 9.90. The summed E-state index contributed by atoms with van der Waals surface area (Å²) in [6.07, 6.45) is 3.96. The molecule has 2 saturated heterocycles. The molecule has 0 aromatic heterocycles. The van der Waals surface area contributed by atoms with E-state index >= 15 is 0 Å². The van der Waals surface area contributed by atoms with Crippen molar-refractivity contribution >= 4 is 28.6 Å². The Balaban J connectivity index is 1.56. The van der Waals surface area contributed by atoms with Gasteiger partial charge in [-0.25, -0.2) is 4.79 Å². The Kier molecular flexibility index (Phi) is 5.03. The molecule has 0 unspecified atom stereocenters. The summed E-state index contributed by atoms with van der Waals surface area (Å²) in [4.78, 5) is 41.6. The number of hydrogen-bond donors (Lipinski definition) is 1. The number of piperidine rings is 1. The lowest BCUT2D eigenvalue weighted by Crippen LogP contribution is -2.49. The molecule has 6 heteroatoms. The molecule has 2 heterocycles. The molecule has 1 N–H and O–H groups in total. The van der Waals surface area contributed by atoms with Gasteiger partial charge < -0.3 is 10.2 Å². The molecule has 6 nitrogen and oxygen atoms in total. The van der Waals surface area contributed by atoms with E-state index in [0.717, 1.165) is 41.4 Å². The molecule has 2 aliphatic rings. The highest BCUT2D eigenvalue weighted by Crippen LogP contribution is 2.31. The van der Waals surface area contributed by atoms with Crippen LogP contribution >= 0.6 is 0 Å². The summed E-state index contributed by atoms with van der Waals surface area (Å²) < 4.78 is 0. The number of nitrogens with one attached hydrogen (secondary N) is 1. The number of carbonyl (C=O) groups is 3. The van der Waals surface area contributed by atoms with Crippen LogP contribution in [0.3, 0.4) is 0 Å². The average molecular weight is 393 g/mol. The first-order valence-electron chi connectivity index (χ1n) is 10.4. The summed E-state index contributed by atoms with van der Waals surface area (Å²) >= 11 is 0. The van der Waals surface area contributed by atoms with Crippen LogP contribution in [0.25, 0.3) is 10.8 Å². The Bertz CT molecular complexity index is 973. The van der Waals surface area contributed by atoms with Crippen LogP contribution in [0, 0.1) is 0 Å². The molecule has 2 aromatic carbocycles. The van der Waals surface area contributed by atoms with Crippen molar-refractivity contribution in [1.29, 1.82) is 0 Å². The number of likely N-dealkylation sites (tertiary alicyclic amines) is 1. The Morgan fingerprint density at radius 3 is 2.66 bits per heavy atom. The molecule has 0 spiro atoms. The van der Waals surface area contributed by atoms with E-state index in [9.17, 15) is 14.4 Å². The minimum atomic E-state index is -1.17. The first-order chi connectivity index (χ1) is 13.9. The predicted molar refractivity (Wildman–Crippen MR) is 111 cm³/mol. The van der Waals surface area contributed by atoms with Gasteiger partial charge in [0.2, 0.25) is 5.91 Å². The zero-order valence-corrected chi connectivity index (χ0v) is 17.0. The maximum atomic E-state index is 13.2. The second-order valence-electron chi connectivity index (χ2n) is 8.15. The van der Waals surface area contributed by atoms with Crippen LogP contribution < -0.4 is 5.32 Å². The molecular formula is C23H27N3O3. The van der Waals surface area contributed by atoms with Crippen molar-refractivity contribution in [2.24, 2.45) is 0 Å². The number of benzene rings is 2. The third-order valence-electron chi connectivity index (χ3n) is 6.31. The highest BCUT2D eigenvalue weighted by Gasteiger charge is 2.50. The molecule has 0 aliphatic carbocycles. The number of imide groups is 1. The topological polar surface area (TPSA) is 69.7 Å². The second-order valence-corrected chi connectivity index (χ2v) is 8.15. The minimum Gasteiger partial charge on any atom is -0.338 e. The summed E-state index contributed by atoms with van der Waals surface area (Å²) in [7, 11) is 0. The fourth-order valence-electron chi connectivity index (χ4n) is 4.52. The van der Waals surface area contributed by atoms with Crippen LogP contribution in [0.4, 0.5) is 4.79 Å². The lowest BCUT2D eigenvalue weighted by Gasteiger charge is -2.36. The third-order valence-corrected chi connectivity index (χ3v) is 6.31. The average Bonchev–Trinajstić information content (AvgIpc) is 2.97. The number of urea groups is 1. The van der Waals surface area contributed by atoms with E-state index in [2.05, 4.69) is 12.2 Å². The second kappa shape index (κ2) is 7.50. The Morgan fingerprint density at radius 2 is 1.90 bits per heavy atom. The molecule has 152 valence electrons. The number of rotatable bonds is 4. The van der Waals surface area contributed by atoms with Crippen molar-refractivity contribution in [1.82, 2.24) is 15.1 Å². The molecule has 4 amide bonds. The van der Waals surface area contributed by atoms with E-state index in [1.54, 1.807) is 6.92 Å². The van der Waals surface area contributed by atoms with Crippen LogP contribution in [0.2, 0.25) is 0 Å². The van der Waals surface area contributed by atoms with Crippen molar-refractivity contribution in [2.45, 2.75) is 51.1 Å². The summed E-state index contributed by atoms with van der Waals surface area (Å²) in [5, 5.41) is 4.88. The fraction of sp³-hybridized carbons (Fsp3) is 0.435. The summed E-state index contributed by atoms with van der Waals surface area (Å²) in [5.41, 5.74) is -0.457. The van der Waals surface area contributed by atoms with E-state index < -0.39 is 11.6 Å². The number of hydrogen-bond acceptors (Lipinski definition) is 3. The molecule has 2 fully saturated rings. The van der Waals surface area contributed by atoms with Gasteiger partial charge in [0.15, 0.2) is 0 Å². The molecule has 2 atom stereocenters. The van der Waals surface area contributed by atoms with Crippen molar-refractivity contribution in [3.05, 3.63) is 48.0 Å². The quantitative estimate of drug-likeness (QED) is 0.810. The molecule has 4 rings (SSSR count). The number of fused-ring (bicyclic) bond motifs is 1. The molecule has 2 aliphatic heterocycles. The van der Waals surface area contributed by atoms with E-state index in [0.29, 0.717) is 12.1 Å². The normalized spacial score (nSPS) is 24.8. The van der Waals surface area contributed by atoms with Crippen molar-refractivity contribution in [3.63, 3.8) is 0 Å². The predicted octanol–water partition coefficient (Wildman–Crippen LogP) is 3.40. The summed E-state index contributed by atoms with van der Waals surface area (Å²) in [6.45, 7) is 4.27. The maximum absolute atomic E-state index is 13.2. The SMILES string of the molecule is CC[C@H]1CCCCN1C(=O)CN1C(=O)N[C@](C)(c2ccc3ccccc3c2)C1=O. The van der Waals surface area contributed by atoms with E-state index in [-0.39, 0.29) is 24.4 Å². The van der Waals surface area contributed by atoms with Gasteiger partial charge in [-0.3, -0.25) is 14.5 Å². The van der Waals surface area contributed by atoms with Crippen LogP contribution in [-0.4, -0.2) is 46.8 Å². The van der Waals surface area contributed by atoms with Crippen LogP contribution in [-0.2, 0) is 15.1 Å². The van der Waals surface area contributed by atoms with Gasteiger partial charge in [0.1, 0.15) is 12.1 Å². The fourth-order valence-corrected chi connectivity index (χ4v) is 4.52. The zero-order valence-electron chi connectivity index (χ0n) is 17.0. The number of carbonyl (C=O) groups excluding carboxylic acids is 3. The van der Waals surface area contributed by atoms with E-state index in [4.69, 9.17) is 0 Å². The molecule has 29 heavy (non-hydrogen) atoms. The first-order valence-corrected chi connectivity index (χ1v) is 10.4. The van der Waals surface area contributed by atoms with E-state index in [1.165, 1.54) is 0 Å². The van der Waals surface area contributed by atoms with Gasteiger partial charge in [-0.05, 0) is 55.0 Å². The molecular weight excluding hydrogens is 366 g/mol. The number of amides is 4. The van der Waals surface area contributed by atoms with Crippen LogP contribution in [0.5, 0.6) is 0 Å². The van der Waals surface area contributed by atoms with Crippen LogP contribution in [0.15, 0.2) is 42.5 Å². The molecule has 0 bridgehead atoms. The van der Waals surface area contributed by atoms with Gasteiger partial charge in [0, 0.05) is 12.6 Å². The Hall–Kier alpha value is -2.89. The zero-order chi connectivity index (χ0) is 20.6. The highest BCUT2D eigenvalue weighted by molar-refractivity contribution is 6.09. The molecule has 0 saturated carbocycles. The van der Waals surface area contributed by atoms with Crippen LogP contribution in [0.1, 0.15) is 45.1 Å². The molecule has 0 radical (unpaired) electrons. The maximum Gasteiger partial charge on any atom is 0.325 e. The van der Waals surface area contributed by atoms with E-state index in [1.807, 2.05) is 47.4 Å². The minimum absolute atomic E-state index is 0.150. The standard InChI is InChI=1S/C23H27N3O3/c1-3-19-10-6-7-13-25(19)20(27)15-26-21(28)23(2,24-22(26)29)18-12-11-16-8-4-5-9-17(16)14-18/h4-5,8-9,11-12,14,19H,3,6-7,10,13,15H2,1-2H3,(H,24,29)/t19-,23+/m0/s1. The van der Waals surface area contributed by atoms with Gasteiger partial charge in [0.05, 0.1) is 0 Å². The summed E-state index contributed by atoms with van der Waals surface area (Å²) in [5.74, 6) is -0.529. The third kappa shape index (κ3) is 3.37. The van der Waals surface area contributed by atoms with Gasteiger partial charge in [-0.2, -0.15) is 0 Å². The van der Waals surface area contributed by atoms with Crippen molar-refractivity contribution in [3.8, 4) is 0 Å². The monoisotopic (exact) mass is 393 g/mol. The largest absolute Gasteiger partial charge is 0.338 e. The van der Waals surface area contributed by atoms with Crippen molar-refractivity contribution < 1.29 is 14.4 Å². The summed E-state index contributed by atoms with van der Waals surface area (Å²) in [6, 6.07) is 13.3. The number of nitrogens with zero attached hydrogens (tertiary/aromatic N) is 2. The Labute approximate surface area is 170 Å². The van der Waals surface area contributed by atoms with Gasteiger partial charge in [0.25, 0.3) is 5.91 Å². The van der Waals surface area contributed by atoms with Gasteiger partial charge in [-0.1, -0.05) is 43.3 Å². The molecule has 2 aromatic rings. The Morgan fingerprint density at radius 1 is 1.14 bits per heavy atom. The highest BCUT2D eigenvalue weighted by atomic mass is 16.2.